The highest BCUT2D eigenvalue weighted by molar-refractivity contribution is 6.13. The van der Waals surface area contributed by atoms with E-state index < -0.39 is 0 Å². The van der Waals surface area contributed by atoms with Crippen molar-refractivity contribution in [1.82, 2.24) is 19.1 Å². The van der Waals surface area contributed by atoms with Gasteiger partial charge in [0.15, 0.2) is 0 Å². The van der Waals surface area contributed by atoms with E-state index in [-0.39, 0.29) is 5.41 Å². The summed E-state index contributed by atoms with van der Waals surface area (Å²) >= 11 is 0. The van der Waals surface area contributed by atoms with Crippen molar-refractivity contribution in [1.29, 1.82) is 0 Å². The lowest BCUT2D eigenvalue weighted by atomic mass is 9.81. The van der Waals surface area contributed by atoms with Crippen LogP contribution in [0.5, 0.6) is 0 Å². The molecular weight excluding hydrogens is 621 g/mol. The molecule has 240 valence electrons. The first kappa shape index (κ1) is 28.3. The predicted molar refractivity (Wildman–Crippen MR) is 211 cm³/mol. The van der Waals surface area contributed by atoms with Crippen molar-refractivity contribution in [2.45, 2.75) is 19.3 Å². The standard InChI is InChI=1S/C47H32N4/c1-47(2)39-28-30-12-4-3-11-29(30)25-36(39)35-15-9-18-44(45(35)47)50-40-16-7-5-13-33(40)37-26-31(19-21-42(37)50)32-20-22-43-38(27-32)34-14-6-8-17-41(34)51(43)46-48-23-10-24-49-46/h3-28H,1-2H3. The summed E-state index contributed by atoms with van der Waals surface area (Å²) < 4.78 is 4.66. The molecule has 0 unspecified atom stereocenters. The second-order valence-corrected chi connectivity index (χ2v) is 14.3. The van der Waals surface area contributed by atoms with Crippen molar-refractivity contribution < 1.29 is 0 Å². The number of rotatable bonds is 3. The third-order valence-electron chi connectivity index (χ3n) is 11.2. The summed E-state index contributed by atoms with van der Waals surface area (Å²) in [5.41, 5.74) is 13.5. The van der Waals surface area contributed by atoms with Crippen LogP contribution in [-0.2, 0) is 5.41 Å². The Balaban J connectivity index is 1.12. The van der Waals surface area contributed by atoms with Crippen LogP contribution in [0.15, 0.2) is 158 Å². The van der Waals surface area contributed by atoms with Crippen LogP contribution in [0.3, 0.4) is 0 Å². The largest absolute Gasteiger partial charge is 0.309 e. The molecule has 10 aromatic rings. The van der Waals surface area contributed by atoms with Gasteiger partial charge in [-0.2, -0.15) is 0 Å². The zero-order valence-corrected chi connectivity index (χ0v) is 28.3. The Morgan fingerprint density at radius 3 is 1.71 bits per heavy atom. The molecular formula is C47H32N4. The van der Waals surface area contributed by atoms with Crippen molar-refractivity contribution >= 4 is 54.4 Å². The fraction of sp³-hybridized carbons (Fsp3) is 0.0638. The number of nitrogens with zero attached hydrogens (tertiary/aromatic N) is 4. The molecule has 0 atom stereocenters. The van der Waals surface area contributed by atoms with Gasteiger partial charge in [-0.1, -0.05) is 98.8 Å². The van der Waals surface area contributed by atoms with Crippen LogP contribution >= 0.6 is 0 Å². The zero-order chi connectivity index (χ0) is 33.8. The van der Waals surface area contributed by atoms with Gasteiger partial charge in [-0.3, -0.25) is 4.57 Å². The molecule has 0 amide bonds. The minimum atomic E-state index is -0.164. The lowest BCUT2D eigenvalue weighted by molar-refractivity contribution is 0.657. The van der Waals surface area contributed by atoms with Crippen LogP contribution in [0, 0.1) is 0 Å². The third-order valence-corrected chi connectivity index (χ3v) is 11.2. The summed E-state index contributed by atoms with van der Waals surface area (Å²) in [7, 11) is 0. The Morgan fingerprint density at radius 2 is 1.02 bits per heavy atom. The summed E-state index contributed by atoms with van der Waals surface area (Å²) in [5, 5.41) is 7.45. The number of fused-ring (bicyclic) bond motifs is 10. The van der Waals surface area contributed by atoms with Gasteiger partial charge in [0.25, 0.3) is 0 Å². The molecule has 0 saturated heterocycles. The Kier molecular flexibility index (Phi) is 5.70. The number of hydrogen-bond donors (Lipinski definition) is 0. The molecule has 0 fully saturated rings. The first-order valence-corrected chi connectivity index (χ1v) is 17.6. The summed E-state index contributed by atoms with van der Waals surface area (Å²) in [6.45, 7) is 4.78. The maximum absolute atomic E-state index is 4.60. The van der Waals surface area contributed by atoms with Gasteiger partial charge in [0.2, 0.25) is 5.95 Å². The van der Waals surface area contributed by atoms with E-state index in [0.29, 0.717) is 5.95 Å². The van der Waals surface area contributed by atoms with E-state index in [1.807, 2.05) is 6.07 Å². The van der Waals surface area contributed by atoms with Crippen molar-refractivity contribution in [3.63, 3.8) is 0 Å². The summed E-state index contributed by atoms with van der Waals surface area (Å²) in [4.78, 5) is 9.19. The molecule has 3 heterocycles. The van der Waals surface area contributed by atoms with Gasteiger partial charge in [0, 0.05) is 39.4 Å². The fourth-order valence-corrected chi connectivity index (χ4v) is 8.91. The van der Waals surface area contributed by atoms with Crippen LogP contribution in [-0.4, -0.2) is 19.1 Å². The molecule has 0 aliphatic heterocycles. The Labute approximate surface area is 294 Å². The van der Waals surface area contributed by atoms with Crippen LogP contribution in [0.25, 0.3) is 88.3 Å². The minimum absolute atomic E-state index is 0.164. The molecule has 1 aliphatic rings. The highest BCUT2D eigenvalue weighted by atomic mass is 15.1. The first-order chi connectivity index (χ1) is 25.1. The number of benzene rings is 7. The first-order valence-electron chi connectivity index (χ1n) is 17.6. The molecule has 51 heavy (non-hydrogen) atoms. The van der Waals surface area contributed by atoms with Gasteiger partial charge < -0.3 is 4.57 Å². The van der Waals surface area contributed by atoms with E-state index >= 15 is 0 Å². The van der Waals surface area contributed by atoms with Crippen molar-refractivity contribution in [3.05, 3.63) is 169 Å². The smallest absolute Gasteiger partial charge is 0.234 e. The molecule has 0 spiro atoms. The summed E-state index contributed by atoms with van der Waals surface area (Å²) in [6, 6.07) is 53.4. The van der Waals surface area contributed by atoms with Gasteiger partial charge in [0.1, 0.15) is 0 Å². The SMILES string of the molecule is CC1(C)c2cc3ccccc3cc2-c2cccc(-n3c4ccccc4c4cc(-c5ccc6c(c5)c5ccccc5n6-c5ncccn5)ccc43)c21. The summed E-state index contributed by atoms with van der Waals surface area (Å²) in [6.07, 6.45) is 3.60. The Bertz CT molecular complexity index is 3050. The minimum Gasteiger partial charge on any atom is -0.309 e. The molecule has 4 heteroatoms. The second-order valence-electron chi connectivity index (χ2n) is 14.3. The molecule has 0 bridgehead atoms. The highest BCUT2D eigenvalue weighted by Gasteiger charge is 2.38. The molecule has 4 nitrogen and oxygen atoms in total. The molecule has 11 rings (SSSR count). The van der Waals surface area contributed by atoms with Gasteiger partial charge in [0.05, 0.1) is 27.8 Å². The quantitative estimate of drug-likeness (QED) is 0.190. The maximum Gasteiger partial charge on any atom is 0.234 e. The van der Waals surface area contributed by atoms with Crippen LogP contribution in [0.2, 0.25) is 0 Å². The monoisotopic (exact) mass is 652 g/mol. The molecule has 3 aromatic heterocycles. The maximum atomic E-state index is 4.60. The molecule has 1 aliphatic carbocycles. The van der Waals surface area contributed by atoms with E-state index in [9.17, 15) is 0 Å². The predicted octanol–water partition coefficient (Wildman–Crippen LogP) is 11.8. The normalized spacial score (nSPS) is 13.5. The lowest BCUT2D eigenvalue weighted by Crippen LogP contribution is -2.18. The van der Waals surface area contributed by atoms with E-state index in [2.05, 4.69) is 172 Å². The van der Waals surface area contributed by atoms with Crippen LogP contribution < -0.4 is 0 Å². The van der Waals surface area contributed by atoms with E-state index in [0.717, 1.165) is 11.0 Å². The lowest BCUT2D eigenvalue weighted by Gasteiger charge is -2.25. The van der Waals surface area contributed by atoms with Crippen molar-refractivity contribution in [2.24, 2.45) is 0 Å². The van der Waals surface area contributed by atoms with Gasteiger partial charge in [-0.15, -0.1) is 0 Å². The molecule has 0 saturated carbocycles. The van der Waals surface area contributed by atoms with E-state index in [1.54, 1.807) is 12.4 Å². The zero-order valence-electron chi connectivity index (χ0n) is 28.3. The second kappa shape index (κ2) is 10.3. The number of para-hydroxylation sites is 2. The highest BCUT2D eigenvalue weighted by Crippen LogP contribution is 2.53. The Morgan fingerprint density at radius 1 is 0.451 bits per heavy atom. The number of hydrogen-bond acceptors (Lipinski definition) is 2. The van der Waals surface area contributed by atoms with E-state index in [4.69, 9.17) is 0 Å². The fourth-order valence-electron chi connectivity index (χ4n) is 8.91. The van der Waals surface area contributed by atoms with Crippen molar-refractivity contribution in [2.75, 3.05) is 0 Å². The Hall–Kier alpha value is -6.52. The average Bonchev–Trinajstić information content (AvgIpc) is 3.77. The summed E-state index contributed by atoms with van der Waals surface area (Å²) in [5.74, 6) is 0.678. The molecule has 7 aromatic carbocycles. The van der Waals surface area contributed by atoms with E-state index in [1.165, 1.54) is 82.4 Å². The van der Waals surface area contributed by atoms with Gasteiger partial charge in [-0.05, 0) is 105 Å². The van der Waals surface area contributed by atoms with Crippen molar-refractivity contribution in [3.8, 4) is 33.9 Å². The topological polar surface area (TPSA) is 35.6 Å². The molecule has 0 radical (unpaired) electrons. The third kappa shape index (κ3) is 3.90. The van der Waals surface area contributed by atoms with Gasteiger partial charge in [-0.25, -0.2) is 9.97 Å². The van der Waals surface area contributed by atoms with Crippen LogP contribution in [0.4, 0.5) is 0 Å². The van der Waals surface area contributed by atoms with Gasteiger partial charge >= 0.3 is 0 Å². The molecule has 0 N–H and O–H groups in total. The van der Waals surface area contributed by atoms with Crippen LogP contribution in [0.1, 0.15) is 25.0 Å². The average molecular weight is 653 g/mol. The number of aromatic nitrogens is 4.